The summed E-state index contributed by atoms with van der Waals surface area (Å²) in [6.45, 7) is 7.13. The first-order valence-electron chi connectivity index (χ1n) is 11.9. The molecule has 0 aliphatic carbocycles. The van der Waals surface area contributed by atoms with Crippen molar-refractivity contribution < 1.29 is 28.7 Å². The molecule has 0 aromatic heterocycles. The molecule has 9 heteroatoms. The Balaban J connectivity index is 1.88. The summed E-state index contributed by atoms with van der Waals surface area (Å²) in [6.07, 6.45) is 0.144. The first-order chi connectivity index (χ1) is 17.0. The summed E-state index contributed by atoms with van der Waals surface area (Å²) in [7, 11) is 0. The molecular weight excluding hydrogens is 462 g/mol. The number of hydrogen-bond acceptors (Lipinski definition) is 6. The smallest absolute Gasteiger partial charge is 0.408 e. The van der Waals surface area contributed by atoms with E-state index in [0.29, 0.717) is 37.1 Å². The largest absolute Gasteiger partial charge is 0.445 e. The third-order valence-corrected chi connectivity index (χ3v) is 4.97. The van der Waals surface area contributed by atoms with Crippen LogP contribution in [0.25, 0.3) is 0 Å². The summed E-state index contributed by atoms with van der Waals surface area (Å²) in [5, 5.41) is 8.02. The Bertz CT molecular complexity index is 1030. The number of Topliss-reactive ketones (excluding diaryl/α,β-unsaturated/α-hetero) is 1. The summed E-state index contributed by atoms with van der Waals surface area (Å²) in [5.74, 6) is -0.655. The van der Waals surface area contributed by atoms with Gasteiger partial charge in [0.25, 0.3) is 0 Å². The van der Waals surface area contributed by atoms with Crippen molar-refractivity contribution in [3.8, 4) is 0 Å². The third-order valence-electron chi connectivity index (χ3n) is 4.97. The first-order valence-corrected chi connectivity index (χ1v) is 11.9. The fourth-order valence-corrected chi connectivity index (χ4v) is 3.28. The van der Waals surface area contributed by atoms with E-state index in [0.717, 1.165) is 5.56 Å². The average molecular weight is 498 g/mol. The molecule has 36 heavy (non-hydrogen) atoms. The van der Waals surface area contributed by atoms with Crippen molar-refractivity contribution in [2.24, 2.45) is 0 Å². The number of benzene rings is 2. The lowest BCUT2D eigenvalue weighted by molar-refractivity contribution is -0.118. The van der Waals surface area contributed by atoms with E-state index in [2.05, 4.69) is 16.0 Å². The van der Waals surface area contributed by atoms with Gasteiger partial charge in [-0.05, 0) is 64.7 Å². The number of alkyl carbamates (subject to hydrolysis) is 2. The van der Waals surface area contributed by atoms with Crippen molar-refractivity contribution in [3.63, 3.8) is 0 Å². The molecule has 3 N–H and O–H groups in total. The Hall–Kier alpha value is -3.88. The lowest BCUT2D eigenvalue weighted by Crippen LogP contribution is -2.46. The summed E-state index contributed by atoms with van der Waals surface area (Å²) < 4.78 is 10.5. The van der Waals surface area contributed by atoms with Gasteiger partial charge in [0.2, 0.25) is 5.91 Å². The third kappa shape index (κ3) is 10.6. The van der Waals surface area contributed by atoms with Gasteiger partial charge in [0, 0.05) is 12.1 Å². The molecule has 0 bridgehead atoms. The summed E-state index contributed by atoms with van der Waals surface area (Å²) in [5.41, 5.74) is 0.908. The number of carbonyl (C=O) groups is 4. The lowest BCUT2D eigenvalue weighted by atomic mass is 10.1. The van der Waals surface area contributed by atoms with Crippen LogP contribution in [0.4, 0.5) is 15.3 Å². The molecule has 0 spiro atoms. The van der Waals surface area contributed by atoms with Gasteiger partial charge < -0.3 is 25.4 Å². The number of ketones is 1. The zero-order chi connectivity index (χ0) is 26.6. The zero-order valence-corrected chi connectivity index (χ0v) is 21.3. The molecule has 2 aromatic rings. The molecule has 9 nitrogen and oxygen atoms in total. The number of para-hydroxylation sites is 1. The maximum atomic E-state index is 13.0. The van der Waals surface area contributed by atoms with E-state index in [1.54, 1.807) is 45.0 Å². The first kappa shape index (κ1) is 28.4. The molecule has 0 saturated heterocycles. The Morgan fingerprint density at radius 3 is 2.22 bits per heavy atom. The summed E-state index contributed by atoms with van der Waals surface area (Å²) >= 11 is 0. The minimum atomic E-state index is -0.898. The van der Waals surface area contributed by atoms with Crippen molar-refractivity contribution in [2.75, 3.05) is 11.9 Å². The molecule has 2 aromatic carbocycles. The quantitative estimate of drug-likeness (QED) is 0.302. The Kier molecular flexibility index (Phi) is 10.9. The molecule has 0 unspecified atom stereocenters. The van der Waals surface area contributed by atoms with Crippen LogP contribution >= 0.6 is 0 Å². The van der Waals surface area contributed by atoms with E-state index in [1.807, 2.05) is 30.3 Å². The fourth-order valence-electron chi connectivity index (χ4n) is 3.28. The number of ether oxygens (including phenoxy) is 2. The van der Waals surface area contributed by atoms with Gasteiger partial charge in [-0.25, -0.2) is 9.59 Å². The van der Waals surface area contributed by atoms with Crippen LogP contribution in [0.15, 0.2) is 54.6 Å². The molecule has 194 valence electrons. The molecule has 0 aliphatic heterocycles. The highest BCUT2D eigenvalue weighted by Crippen LogP contribution is 2.17. The minimum Gasteiger partial charge on any atom is -0.445 e. The van der Waals surface area contributed by atoms with E-state index in [9.17, 15) is 19.2 Å². The highest BCUT2D eigenvalue weighted by Gasteiger charge is 2.25. The number of carbonyl (C=O) groups excluding carboxylic acids is 4. The number of amides is 3. The van der Waals surface area contributed by atoms with E-state index in [1.165, 1.54) is 6.92 Å². The maximum Gasteiger partial charge on any atom is 0.408 e. The molecule has 2 rings (SSSR count). The van der Waals surface area contributed by atoms with Gasteiger partial charge in [-0.15, -0.1) is 0 Å². The number of nitrogens with one attached hydrogen (secondary N) is 3. The molecule has 0 radical (unpaired) electrons. The van der Waals surface area contributed by atoms with Crippen LogP contribution in [0.2, 0.25) is 0 Å². The van der Waals surface area contributed by atoms with Gasteiger partial charge in [0.1, 0.15) is 18.2 Å². The standard InChI is InChI=1S/C27H35N3O6/c1-19(31)21-14-8-9-15-22(21)29-24(32)23(30-26(34)36-27(2,3)4)16-10-11-17-28-25(33)35-18-20-12-6-5-7-13-20/h5-9,12-15,23H,10-11,16-18H2,1-4H3,(H,28,33)(H,29,32)(H,30,34)/t23-/m0/s1. The van der Waals surface area contributed by atoms with Crippen LogP contribution in [0.1, 0.15) is 62.9 Å². The zero-order valence-electron chi connectivity index (χ0n) is 21.3. The van der Waals surface area contributed by atoms with E-state index >= 15 is 0 Å². The lowest BCUT2D eigenvalue weighted by Gasteiger charge is -2.23. The van der Waals surface area contributed by atoms with Gasteiger partial charge in [0.05, 0.1) is 5.69 Å². The predicted octanol–water partition coefficient (Wildman–Crippen LogP) is 4.82. The monoisotopic (exact) mass is 497 g/mol. The highest BCUT2D eigenvalue weighted by molar-refractivity contribution is 6.05. The fraction of sp³-hybridized carbons (Fsp3) is 0.407. The topological polar surface area (TPSA) is 123 Å². The van der Waals surface area contributed by atoms with E-state index in [4.69, 9.17) is 9.47 Å². The second-order valence-electron chi connectivity index (χ2n) is 9.27. The van der Waals surface area contributed by atoms with Gasteiger partial charge in [-0.3, -0.25) is 9.59 Å². The van der Waals surface area contributed by atoms with Crippen LogP contribution in [-0.2, 0) is 20.9 Å². The summed E-state index contributed by atoms with van der Waals surface area (Å²) in [4.78, 5) is 49.1. The minimum absolute atomic E-state index is 0.177. The molecular formula is C27H35N3O6. The second-order valence-corrected chi connectivity index (χ2v) is 9.27. The number of rotatable bonds is 11. The van der Waals surface area contributed by atoms with Crippen LogP contribution < -0.4 is 16.0 Å². The van der Waals surface area contributed by atoms with Gasteiger partial charge in [-0.1, -0.05) is 42.5 Å². The second kappa shape index (κ2) is 13.9. The van der Waals surface area contributed by atoms with E-state index in [-0.39, 0.29) is 12.4 Å². The van der Waals surface area contributed by atoms with Crippen LogP contribution in [-0.4, -0.2) is 42.1 Å². The molecule has 0 saturated carbocycles. The maximum absolute atomic E-state index is 13.0. The molecule has 1 atom stereocenters. The van der Waals surface area contributed by atoms with E-state index < -0.39 is 29.7 Å². The van der Waals surface area contributed by atoms with Crippen LogP contribution in [0, 0.1) is 0 Å². The van der Waals surface area contributed by atoms with Crippen LogP contribution in [0.5, 0.6) is 0 Å². The number of unbranched alkanes of at least 4 members (excludes halogenated alkanes) is 1. The normalized spacial score (nSPS) is 11.7. The van der Waals surface area contributed by atoms with Gasteiger partial charge in [0.15, 0.2) is 5.78 Å². The van der Waals surface area contributed by atoms with Gasteiger partial charge in [-0.2, -0.15) is 0 Å². The highest BCUT2D eigenvalue weighted by atomic mass is 16.6. The average Bonchev–Trinajstić information content (AvgIpc) is 2.81. The summed E-state index contributed by atoms with van der Waals surface area (Å²) in [6, 6.07) is 15.1. The van der Waals surface area contributed by atoms with Crippen molar-refractivity contribution in [1.29, 1.82) is 0 Å². The predicted molar refractivity (Wildman–Crippen MR) is 137 cm³/mol. The molecule has 0 fully saturated rings. The SMILES string of the molecule is CC(=O)c1ccccc1NC(=O)[C@H](CCCCNC(=O)OCc1ccccc1)NC(=O)OC(C)(C)C. The number of hydrogen-bond donors (Lipinski definition) is 3. The van der Waals surface area contributed by atoms with Gasteiger partial charge >= 0.3 is 12.2 Å². The van der Waals surface area contributed by atoms with Crippen molar-refractivity contribution in [2.45, 2.75) is 65.2 Å². The van der Waals surface area contributed by atoms with Crippen molar-refractivity contribution in [3.05, 3.63) is 65.7 Å². The number of anilines is 1. The molecule has 0 aliphatic rings. The van der Waals surface area contributed by atoms with Crippen LogP contribution in [0.3, 0.4) is 0 Å². The van der Waals surface area contributed by atoms with Crippen molar-refractivity contribution >= 4 is 29.6 Å². The Morgan fingerprint density at radius 1 is 0.889 bits per heavy atom. The molecule has 3 amide bonds. The van der Waals surface area contributed by atoms with Crippen molar-refractivity contribution in [1.82, 2.24) is 10.6 Å². The Morgan fingerprint density at radius 2 is 1.56 bits per heavy atom. The molecule has 0 heterocycles. The Labute approximate surface area is 211 Å².